The number of oxime groups is 1. The number of sulfone groups is 1. The highest BCUT2D eigenvalue weighted by atomic mass is 32.2. The lowest BCUT2D eigenvalue weighted by Gasteiger charge is -2.32. The van der Waals surface area contributed by atoms with Gasteiger partial charge in [-0.3, -0.25) is 4.79 Å². The molecule has 0 heterocycles. The number of amides is 1. The van der Waals surface area contributed by atoms with Gasteiger partial charge in [-0.25, -0.2) is 8.42 Å². The van der Waals surface area contributed by atoms with Gasteiger partial charge in [0.2, 0.25) is 6.10 Å². The Morgan fingerprint density at radius 1 is 1.35 bits per heavy atom. The highest BCUT2D eigenvalue weighted by molar-refractivity contribution is 7.91. The fourth-order valence-corrected chi connectivity index (χ4v) is 3.39. The lowest BCUT2D eigenvalue weighted by molar-refractivity contribution is -0.144. The van der Waals surface area contributed by atoms with E-state index in [1.165, 1.54) is 6.42 Å². The van der Waals surface area contributed by atoms with Gasteiger partial charge in [0.1, 0.15) is 15.7 Å². The van der Waals surface area contributed by atoms with Crippen LogP contribution in [0.3, 0.4) is 0 Å². The Kier molecular flexibility index (Phi) is 7.81. The van der Waals surface area contributed by atoms with Crippen LogP contribution in [0.2, 0.25) is 0 Å². The predicted molar refractivity (Wildman–Crippen MR) is 90.8 cm³/mol. The van der Waals surface area contributed by atoms with Gasteiger partial charge in [-0.1, -0.05) is 31.3 Å². The van der Waals surface area contributed by atoms with Gasteiger partial charge in [-0.2, -0.15) is 0 Å². The van der Waals surface area contributed by atoms with E-state index < -0.39 is 15.9 Å². The molecule has 23 heavy (non-hydrogen) atoms. The summed E-state index contributed by atoms with van der Waals surface area (Å²) < 4.78 is 22.8. The normalized spacial score (nSPS) is 18.5. The number of likely N-dealkylation sites (N-methyl/N-ethyl adjacent to an activating group) is 1. The smallest absolute Gasteiger partial charge is 0.266 e. The van der Waals surface area contributed by atoms with Crippen molar-refractivity contribution in [3.8, 4) is 0 Å². The van der Waals surface area contributed by atoms with E-state index in [1.807, 2.05) is 0 Å². The second kappa shape index (κ2) is 9.10. The molecule has 1 rings (SSSR count). The Bertz CT molecular complexity index is 513. The van der Waals surface area contributed by atoms with Crippen molar-refractivity contribution < 1.29 is 18.0 Å². The third kappa shape index (κ3) is 6.76. The molecule has 1 amide bonds. The van der Waals surface area contributed by atoms with E-state index in [9.17, 15) is 13.2 Å². The van der Waals surface area contributed by atoms with Crippen molar-refractivity contribution in [1.29, 1.82) is 0 Å². The van der Waals surface area contributed by atoms with Gasteiger partial charge < -0.3 is 15.5 Å². The highest BCUT2D eigenvalue weighted by Gasteiger charge is 2.26. The summed E-state index contributed by atoms with van der Waals surface area (Å²) in [6.07, 6.45) is 4.94. The standard InChI is InChI=1S/C15H29N3O4S/c1-4-23(20,21)11-10-14(16)17-22-12(2)15(19)18(3)13-8-6-5-7-9-13/h12-13H,4-11H2,1-3H3,(H2,16,17)/t12-/m0/s1. The fraction of sp³-hybridized carbons (Fsp3) is 0.867. The molecule has 0 aromatic carbocycles. The first-order chi connectivity index (χ1) is 10.8. The molecule has 0 radical (unpaired) electrons. The van der Waals surface area contributed by atoms with Gasteiger partial charge >= 0.3 is 0 Å². The lowest BCUT2D eigenvalue weighted by atomic mass is 9.94. The minimum Gasteiger partial charge on any atom is -0.384 e. The summed E-state index contributed by atoms with van der Waals surface area (Å²) in [5, 5.41) is 3.69. The van der Waals surface area contributed by atoms with Crippen LogP contribution in [0.25, 0.3) is 0 Å². The SMILES string of the molecule is CCS(=O)(=O)CC/C(N)=N\O[C@@H](C)C(=O)N(C)C1CCCCC1. The molecule has 0 aromatic rings. The third-order valence-corrected chi connectivity index (χ3v) is 5.96. The van der Waals surface area contributed by atoms with Crippen molar-refractivity contribution in [2.45, 2.75) is 64.5 Å². The van der Waals surface area contributed by atoms with E-state index in [0.29, 0.717) is 0 Å². The number of nitrogens with two attached hydrogens (primary N) is 1. The highest BCUT2D eigenvalue weighted by Crippen LogP contribution is 2.22. The molecule has 134 valence electrons. The number of hydrogen-bond donors (Lipinski definition) is 1. The Morgan fingerprint density at radius 2 is 1.96 bits per heavy atom. The van der Waals surface area contributed by atoms with Crippen LogP contribution < -0.4 is 5.73 Å². The van der Waals surface area contributed by atoms with Crippen LogP contribution in [-0.2, 0) is 19.5 Å². The predicted octanol–water partition coefficient (Wildman–Crippen LogP) is 1.28. The van der Waals surface area contributed by atoms with Gasteiger partial charge in [0.15, 0.2) is 0 Å². The van der Waals surface area contributed by atoms with Crippen LogP contribution in [0.15, 0.2) is 5.16 Å². The Hall–Kier alpha value is -1.31. The van der Waals surface area contributed by atoms with E-state index in [0.717, 1.165) is 25.7 Å². The van der Waals surface area contributed by atoms with Gasteiger partial charge in [0.05, 0.1) is 5.75 Å². The second-order valence-electron chi connectivity index (χ2n) is 6.06. The third-order valence-electron chi connectivity index (χ3n) is 4.25. The van der Waals surface area contributed by atoms with Crippen LogP contribution in [0, 0.1) is 0 Å². The number of rotatable bonds is 8. The quantitative estimate of drug-likeness (QED) is 0.405. The van der Waals surface area contributed by atoms with Crippen molar-refractivity contribution in [2.24, 2.45) is 10.9 Å². The second-order valence-corrected chi connectivity index (χ2v) is 8.53. The van der Waals surface area contributed by atoms with E-state index in [2.05, 4.69) is 5.16 Å². The maximum absolute atomic E-state index is 12.3. The Labute approximate surface area is 139 Å². The lowest BCUT2D eigenvalue weighted by Crippen LogP contribution is -2.43. The first kappa shape index (κ1) is 19.7. The molecule has 0 aromatic heterocycles. The van der Waals surface area contributed by atoms with E-state index >= 15 is 0 Å². The molecule has 0 saturated heterocycles. The molecule has 1 saturated carbocycles. The van der Waals surface area contributed by atoms with Crippen LogP contribution in [0.1, 0.15) is 52.4 Å². The average molecular weight is 347 g/mol. The molecule has 0 spiro atoms. The van der Waals surface area contributed by atoms with E-state index in [-0.39, 0.29) is 35.7 Å². The number of amidine groups is 1. The van der Waals surface area contributed by atoms with E-state index in [1.54, 1.807) is 25.8 Å². The molecule has 7 nitrogen and oxygen atoms in total. The number of hydrogen-bond acceptors (Lipinski definition) is 5. The molecular formula is C15H29N3O4S. The van der Waals surface area contributed by atoms with Crippen molar-refractivity contribution in [2.75, 3.05) is 18.6 Å². The summed E-state index contributed by atoms with van der Waals surface area (Å²) in [5.74, 6) is -0.0362. The fourth-order valence-electron chi connectivity index (χ4n) is 2.58. The minimum atomic E-state index is -3.09. The summed E-state index contributed by atoms with van der Waals surface area (Å²) in [7, 11) is -1.30. The molecule has 1 aliphatic rings. The molecule has 0 bridgehead atoms. The number of carbonyl (C=O) groups excluding carboxylic acids is 1. The van der Waals surface area contributed by atoms with E-state index in [4.69, 9.17) is 10.6 Å². The van der Waals surface area contributed by atoms with Crippen LogP contribution in [-0.4, -0.2) is 55.8 Å². The molecule has 1 atom stereocenters. The van der Waals surface area contributed by atoms with Gasteiger partial charge in [-0.15, -0.1) is 0 Å². The number of carbonyl (C=O) groups is 1. The van der Waals surface area contributed by atoms with Crippen LogP contribution >= 0.6 is 0 Å². The van der Waals surface area contributed by atoms with Crippen LogP contribution in [0.5, 0.6) is 0 Å². The first-order valence-corrected chi connectivity index (χ1v) is 10.0. The van der Waals surface area contributed by atoms with Gasteiger partial charge in [0, 0.05) is 25.3 Å². The minimum absolute atomic E-state index is 0.0630. The molecule has 0 aliphatic heterocycles. The zero-order valence-electron chi connectivity index (χ0n) is 14.3. The largest absolute Gasteiger partial charge is 0.384 e. The molecule has 2 N–H and O–H groups in total. The molecular weight excluding hydrogens is 318 g/mol. The number of nitrogens with zero attached hydrogens (tertiary/aromatic N) is 2. The zero-order valence-corrected chi connectivity index (χ0v) is 15.1. The Morgan fingerprint density at radius 3 is 2.52 bits per heavy atom. The average Bonchev–Trinajstić information content (AvgIpc) is 2.57. The Balaban J connectivity index is 2.45. The van der Waals surface area contributed by atoms with Gasteiger partial charge in [0.25, 0.3) is 5.91 Å². The topological polar surface area (TPSA) is 102 Å². The van der Waals surface area contributed by atoms with Crippen LogP contribution in [0.4, 0.5) is 0 Å². The molecule has 1 fully saturated rings. The maximum atomic E-state index is 12.3. The molecule has 1 aliphatic carbocycles. The zero-order chi connectivity index (χ0) is 17.5. The summed E-state index contributed by atoms with van der Waals surface area (Å²) in [5.41, 5.74) is 5.64. The van der Waals surface area contributed by atoms with Crippen molar-refractivity contribution >= 4 is 21.6 Å². The van der Waals surface area contributed by atoms with Crippen molar-refractivity contribution in [3.05, 3.63) is 0 Å². The molecule has 8 heteroatoms. The van der Waals surface area contributed by atoms with Crippen molar-refractivity contribution in [3.63, 3.8) is 0 Å². The first-order valence-electron chi connectivity index (χ1n) is 8.22. The monoisotopic (exact) mass is 347 g/mol. The van der Waals surface area contributed by atoms with Crippen molar-refractivity contribution in [1.82, 2.24) is 4.90 Å². The summed E-state index contributed by atoms with van der Waals surface area (Å²) in [4.78, 5) is 19.2. The molecule has 0 unspecified atom stereocenters. The summed E-state index contributed by atoms with van der Waals surface area (Å²) in [6, 6.07) is 0.262. The summed E-state index contributed by atoms with van der Waals surface area (Å²) >= 11 is 0. The van der Waals surface area contributed by atoms with Gasteiger partial charge in [-0.05, 0) is 19.8 Å². The maximum Gasteiger partial charge on any atom is 0.266 e. The summed E-state index contributed by atoms with van der Waals surface area (Å²) in [6.45, 7) is 3.21.